The summed E-state index contributed by atoms with van der Waals surface area (Å²) in [6.07, 6.45) is 0.194. The van der Waals surface area contributed by atoms with Crippen LogP contribution in [-0.4, -0.2) is 47.4 Å². The number of carboxylic acids is 1. The van der Waals surface area contributed by atoms with Gasteiger partial charge in [-0.1, -0.05) is 0 Å². The summed E-state index contributed by atoms with van der Waals surface area (Å²) in [5.41, 5.74) is 0. The normalized spacial score (nSPS) is 10.1. The molecule has 20 heavy (non-hydrogen) atoms. The van der Waals surface area contributed by atoms with Crippen LogP contribution in [0.1, 0.15) is 41.4 Å². The fraction of sp³-hybridized carbons (Fsp3) is 0.462. The minimum Gasteiger partial charge on any atom is -0.475 e. The molecule has 2 N–H and O–H groups in total. The van der Waals surface area contributed by atoms with Gasteiger partial charge in [0.05, 0.1) is 0 Å². The van der Waals surface area contributed by atoms with Crippen LogP contribution in [0.3, 0.4) is 0 Å². The summed E-state index contributed by atoms with van der Waals surface area (Å²) >= 11 is 0. The molecule has 0 aliphatic carbocycles. The van der Waals surface area contributed by atoms with E-state index >= 15 is 0 Å². The molecule has 0 radical (unpaired) electrons. The molecular weight excluding hydrogens is 264 g/mol. The van der Waals surface area contributed by atoms with Crippen molar-refractivity contribution < 1.29 is 23.9 Å². The van der Waals surface area contributed by atoms with Crippen LogP contribution in [0, 0.1) is 0 Å². The van der Waals surface area contributed by atoms with Gasteiger partial charge >= 0.3 is 5.97 Å². The van der Waals surface area contributed by atoms with Crippen LogP contribution in [0.4, 0.5) is 0 Å². The summed E-state index contributed by atoms with van der Waals surface area (Å²) in [5.74, 6) is -2.20. The van der Waals surface area contributed by atoms with Gasteiger partial charge in [-0.15, -0.1) is 0 Å². The highest BCUT2D eigenvalue weighted by atomic mass is 16.4. The largest absolute Gasteiger partial charge is 0.475 e. The van der Waals surface area contributed by atoms with Crippen LogP contribution in [0.15, 0.2) is 16.5 Å². The van der Waals surface area contributed by atoms with Crippen molar-refractivity contribution in [1.82, 2.24) is 10.2 Å². The van der Waals surface area contributed by atoms with Crippen molar-refractivity contribution in [2.45, 2.75) is 20.3 Å². The first-order valence-corrected chi connectivity index (χ1v) is 6.38. The lowest BCUT2D eigenvalue weighted by Crippen LogP contribution is -2.34. The first-order chi connectivity index (χ1) is 9.49. The maximum atomic E-state index is 11.7. The lowest BCUT2D eigenvalue weighted by atomic mass is 10.3. The number of carboxylic acid groups (broad SMARTS) is 1. The molecule has 2 amide bonds. The monoisotopic (exact) mass is 282 g/mol. The van der Waals surface area contributed by atoms with Gasteiger partial charge in [-0.2, -0.15) is 0 Å². The third-order valence-corrected chi connectivity index (χ3v) is 2.78. The van der Waals surface area contributed by atoms with Gasteiger partial charge in [0.25, 0.3) is 5.91 Å². The predicted octanol–water partition coefficient (Wildman–Crippen LogP) is 0.966. The standard InChI is InChI=1S/C13H18N2O5/c1-3-15(4-2)11(16)7-8-14-12(17)9-5-6-10(20-9)13(18)19/h5-6H,3-4,7-8H2,1-2H3,(H,14,17)(H,18,19). The summed E-state index contributed by atoms with van der Waals surface area (Å²) < 4.78 is 4.85. The summed E-state index contributed by atoms with van der Waals surface area (Å²) in [4.78, 5) is 35.6. The third kappa shape index (κ3) is 4.11. The van der Waals surface area contributed by atoms with Crippen molar-refractivity contribution in [3.05, 3.63) is 23.7 Å². The zero-order valence-electron chi connectivity index (χ0n) is 11.5. The number of rotatable bonds is 7. The molecule has 7 heteroatoms. The van der Waals surface area contributed by atoms with E-state index in [9.17, 15) is 14.4 Å². The number of aromatic carboxylic acids is 1. The quantitative estimate of drug-likeness (QED) is 0.776. The lowest BCUT2D eigenvalue weighted by molar-refractivity contribution is -0.130. The van der Waals surface area contributed by atoms with Crippen molar-refractivity contribution >= 4 is 17.8 Å². The molecule has 1 heterocycles. The van der Waals surface area contributed by atoms with E-state index in [0.717, 1.165) is 0 Å². The second kappa shape index (κ2) is 7.32. The van der Waals surface area contributed by atoms with Gasteiger partial charge in [0.15, 0.2) is 5.76 Å². The zero-order chi connectivity index (χ0) is 15.1. The van der Waals surface area contributed by atoms with Gasteiger partial charge in [0.1, 0.15) is 0 Å². The van der Waals surface area contributed by atoms with Crippen LogP contribution in [0.25, 0.3) is 0 Å². The average molecular weight is 282 g/mol. The van der Waals surface area contributed by atoms with E-state index in [1.807, 2.05) is 13.8 Å². The van der Waals surface area contributed by atoms with Crippen LogP contribution in [0.5, 0.6) is 0 Å². The Morgan fingerprint density at radius 2 is 1.80 bits per heavy atom. The molecular formula is C13H18N2O5. The fourth-order valence-electron chi connectivity index (χ4n) is 1.68. The molecule has 0 aliphatic heterocycles. The first kappa shape index (κ1) is 15.7. The van der Waals surface area contributed by atoms with E-state index in [1.165, 1.54) is 12.1 Å². The molecule has 0 saturated heterocycles. The Hall–Kier alpha value is -2.31. The average Bonchev–Trinajstić information content (AvgIpc) is 2.89. The van der Waals surface area contributed by atoms with Crippen LogP contribution in [0.2, 0.25) is 0 Å². The number of carbonyl (C=O) groups is 3. The number of amides is 2. The number of nitrogens with zero attached hydrogens (tertiary/aromatic N) is 1. The Kier molecular flexibility index (Phi) is 5.76. The molecule has 110 valence electrons. The van der Waals surface area contributed by atoms with Gasteiger partial charge < -0.3 is 19.7 Å². The molecule has 0 atom stereocenters. The first-order valence-electron chi connectivity index (χ1n) is 6.38. The van der Waals surface area contributed by atoms with E-state index < -0.39 is 11.9 Å². The SMILES string of the molecule is CCN(CC)C(=O)CCNC(=O)c1ccc(C(=O)O)o1. The molecule has 1 aromatic rings. The van der Waals surface area contributed by atoms with E-state index in [4.69, 9.17) is 9.52 Å². The van der Waals surface area contributed by atoms with Crippen molar-refractivity contribution in [2.24, 2.45) is 0 Å². The summed E-state index contributed by atoms with van der Waals surface area (Å²) in [7, 11) is 0. The Balaban J connectivity index is 2.43. The highest BCUT2D eigenvalue weighted by Crippen LogP contribution is 2.07. The number of furan rings is 1. The third-order valence-electron chi connectivity index (χ3n) is 2.78. The highest BCUT2D eigenvalue weighted by molar-refractivity contribution is 5.93. The second-order valence-electron chi connectivity index (χ2n) is 4.04. The topological polar surface area (TPSA) is 99.9 Å². The molecule has 7 nitrogen and oxygen atoms in total. The van der Waals surface area contributed by atoms with Gasteiger partial charge in [0, 0.05) is 26.1 Å². The Bertz CT molecular complexity index is 491. The van der Waals surface area contributed by atoms with E-state index in [0.29, 0.717) is 13.1 Å². The van der Waals surface area contributed by atoms with Crippen molar-refractivity contribution in [3.8, 4) is 0 Å². The summed E-state index contributed by atoms with van der Waals surface area (Å²) in [6, 6.07) is 2.49. The van der Waals surface area contributed by atoms with E-state index in [1.54, 1.807) is 4.90 Å². The highest BCUT2D eigenvalue weighted by Gasteiger charge is 2.15. The maximum absolute atomic E-state index is 11.7. The minimum atomic E-state index is -1.24. The zero-order valence-corrected chi connectivity index (χ0v) is 11.5. The van der Waals surface area contributed by atoms with Gasteiger partial charge in [-0.3, -0.25) is 9.59 Å². The van der Waals surface area contributed by atoms with Crippen LogP contribution in [-0.2, 0) is 4.79 Å². The maximum Gasteiger partial charge on any atom is 0.371 e. The minimum absolute atomic E-state index is 0.0408. The molecule has 0 saturated carbocycles. The Labute approximate surface area is 116 Å². The number of hydrogen-bond acceptors (Lipinski definition) is 4. The van der Waals surface area contributed by atoms with E-state index in [2.05, 4.69) is 5.32 Å². The fourth-order valence-corrected chi connectivity index (χ4v) is 1.68. The number of hydrogen-bond donors (Lipinski definition) is 2. The Morgan fingerprint density at radius 1 is 1.20 bits per heavy atom. The predicted molar refractivity (Wildman–Crippen MR) is 70.5 cm³/mol. The number of carbonyl (C=O) groups excluding carboxylic acids is 2. The van der Waals surface area contributed by atoms with Crippen molar-refractivity contribution in [2.75, 3.05) is 19.6 Å². The van der Waals surface area contributed by atoms with Crippen molar-refractivity contribution in [3.63, 3.8) is 0 Å². The molecule has 1 aromatic heterocycles. The van der Waals surface area contributed by atoms with E-state index in [-0.39, 0.29) is 30.4 Å². The summed E-state index contributed by atoms with van der Waals surface area (Å²) in [5, 5.41) is 11.2. The molecule has 0 aromatic carbocycles. The van der Waals surface area contributed by atoms with Gasteiger partial charge in [0.2, 0.25) is 11.7 Å². The number of nitrogens with one attached hydrogen (secondary N) is 1. The molecule has 0 spiro atoms. The molecule has 0 aliphatic rings. The molecule has 0 fully saturated rings. The molecule has 0 bridgehead atoms. The van der Waals surface area contributed by atoms with Crippen LogP contribution < -0.4 is 5.32 Å². The lowest BCUT2D eigenvalue weighted by Gasteiger charge is -2.18. The molecule has 1 rings (SSSR count). The van der Waals surface area contributed by atoms with Crippen molar-refractivity contribution in [1.29, 1.82) is 0 Å². The summed E-state index contributed by atoms with van der Waals surface area (Å²) in [6.45, 7) is 5.21. The molecule has 0 unspecified atom stereocenters. The van der Waals surface area contributed by atoms with Crippen LogP contribution >= 0.6 is 0 Å². The van der Waals surface area contributed by atoms with Gasteiger partial charge in [-0.05, 0) is 26.0 Å². The smallest absolute Gasteiger partial charge is 0.371 e. The Morgan fingerprint density at radius 3 is 2.30 bits per heavy atom. The van der Waals surface area contributed by atoms with Gasteiger partial charge in [-0.25, -0.2) is 4.79 Å². The second-order valence-corrected chi connectivity index (χ2v) is 4.04.